The maximum Gasteiger partial charge on any atom is 0.233 e. The van der Waals surface area contributed by atoms with Crippen molar-refractivity contribution in [2.24, 2.45) is 5.41 Å². The number of carbonyl (C=O) groups is 1. The molecule has 0 aromatic carbocycles. The number of hydrogen-bond donors (Lipinski definition) is 2. The van der Waals surface area contributed by atoms with Crippen molar-refractivity contribution in [1.82, 2.24) is 10.3 Å². The summed E-state index contributed by atoms with van der Waals surface area (Å²) in [6.07, 6.45) is 4.93. The van der Waals surface area contributed by atoms with Crippen LogP contribution in [-0.4, -0.2) is 37.7 Å². The van der Waals surface area contributed by atoms with Crippen molar-refractivity contribution < 1.29 is 9.53 Å². The number of rotatable bonds is 4. The van der Waals surface area contributed by atoms with Gasteiger partial charge in [0.2, 0.25) is 5.91 Å². The summed E-state index contributed by atoms with van der Waals surface area (Å²) in [5.41, 5.74) is 0.312. The third-order valence-corrected chi connectivity index (χ3v) is 3.38. The summed E-state index contributed by atoms with van der Waals surface area (Å²) in [4.78, 5) is 16.4. The Kier molecular flexibility index (Phi) is 8.73. The van der Waals surface area contributed by atoms with E-state index in [2.05, 4.69) is 15.6 Å². The molecule has 0 spiro atoms. The third-order valence-electron chi connectivity index (χ3n) is 3.38. The van der Waals surface area contributed by atoms with Crippen molar-refractivity contribution in [3.05, 3.63) is 24.5 Å². The molecule has 0 unspecified atom stereocenters. The number of anilines is 1. The van der Waals surface area contributed by atoms with Gasteiger partial charge >= 0.3 is 0 Å². The summed E-state index contributed by atoms with van der Waals surface area (Å²) in [6, 6.07) is 3.65. The van der Waals surface area contributed by atoms with Crippen molar-refractivity contribution in [2.75, 3.05) is 32.1 Å². The molecule has 1 aliphatic rings. The molecule has 20 heavy (non-hydrogen) atoms. The number of aromatic nitrogens is 1. The number of carbonyl (C=O) groups excluding carboxylic acids is 1. The molecule has 1 aliphatic heterocycles. The van der Waals surface area contributed by atoms with Crippen molar-refractivity contribution in [3.63, 3.8) is 0 Å². The average molecular weight is 322 g/mol. The fourth-order valence-corrected chi connectivity index (χ4v) is 2.32. The van der Waals surface area contributed by atoms with Gasteiger partial charge in [0.05, 0.1) is 23.9 Å². The zero-order valence-corrected chi connectivity index (χ0v) is 13.1. The zero-order valence-electron chi connectivity index (χ0n) is 11.4. The van der Waals surface area contributed by atoms with E-state index in [1.165, 1.54) is 0 Å². The van der Waals surface area contributed by atoms with Gasteiger partial charge in [-0.3, -0.25) is 9.78 Å². The van der Waals surface area contributed by atoms with E-state index in [-0.39, 0.29) is 30.7 Å². The van der Waals surface area contributed by atoms with Crippen LogP contribution in [0.1, 0.15) is 12.8 Å². The van der Waals surface area contributed by atoms with Crippen molar-refractivity contribution in [3.8, 4) is 0 Å². The van der Waals surface area contributed by atoms with Gasteiger partial charge in [0, 0.05) is 13.3 Å². The molecule has 1 saturated heterocycles. The van der Waals surface area contributed by atoms with Gasteiger partial charge in [-0.25, -0.2) is 0 Å². The summed E-state index contributed by atoms with van der Waals surface area (Å²) in [5, 5.41) is 6.20. The Morgan fingerprint density at radius 3 is 2.70 bits per heavy atom. The van der Waals surface area contributed by atoms with E-state index in [4.69, 9.17) is 4.74 Å². The number of hydrogen-bond acceptors (Lipinski definition) is 4. The smallest absolute Gasteiger partial charge is 0.233 e. The molecule has 114 valence electrons. The zero-order chi connectivity index (χ0) is 12.8. The number of amides is 1. The lowest BCUT2D eigenvalue weighted by atomic mass is 9.78. The van der Waals surface area contributed by atoms with Gasteiger partial charge in [-0.1, -0.05) is 0 Å². The molecule has 0 radical (unpaired) electrons. The minimum Gasteiger partial charge on any atom is -0.384 e. The van der Waals surface area contributed by atoms with Gasteiger partial charge in [-0.2, -0.15) is 0 Å². The van der Waals surface area contributed by atoms with Crippen LogP contribution in [0.4, 0.5) is 5.69 Å². The Bertz CT molecular complexity index is 392. The maximum atomic E-state index is 12.4. The number of methoxy groups -OCH3 is 1. The lowest BCUT2D eigenvalue weighted by Crippen LogP contribution is -2.47. The van der Waals surface area contributed by atoms with Crippen LogP contribution in [0.2, 0.25) is 0 Å². The molecule has 5 nitrogen and oxygen atoms in total. The molecule has 0 saturated carbocycles. The van der Waals surface area contributed by atoms with Crippen LogP contribution in [-0.2, 0) is 9.53 Å². The van der Waals surface area contributed by atoms with Gasteiger partial charge in [-0.05, 0) is 38.1 Å². The molecule has 0 bridgehead atoms. The number of ether oxygens (including phenoxy) is 1. The lowest BCUT2D eigenvalue weighted by Gasteiger charge is -2.35. The quantitative estimate of drug-likeness (QED) is 0.888. The van der Waals surface area contributed by atoms with Crippen LogP contribution in [0.15, 0.2) is 24.5 Å². The van der Waals surface area contributed by atoms with Crippen LogP contribution in [0, 0.1) is 5.41 Å². The number of piperidine rings is 1. The van der Waals surface area contributed by atoms with Crippen LogP contribution >= 0.6 is 24.8 Å². The first-order valence-corrected chi connectivity index (χ1v) is 6.18. The summed E-state index contributed by atoms with van der Waals surface area (Å²) in [5.74, 6) is 0.0267. The second-order valence-corrected chi connectivity index (χ2v) is 4.66. The highest BCUT2D eigenvalue weighted by molar-refractivity contribution is 5.95. The van der Waals surface area contributed by atoms with E-state index in [1.807, 2.05) is 6.07 Å². The lowest BCUT2D eigenvalue weighted by molar-refractivity contribution is -0.130. The molecule has 2 heterocycles. The fraction of sp³-hybridized carbons (Fsp3) is 0.538. The molecule has 0 aliphatic carbocycles. The predicted molar refractivity (Wildman–Crippen MR) is 83.8 cm³/mol. The molecule has 1 aromatic rings. The molecule has 0 atom stereocenters. The molecular weight excluding hydrogens is 301 g/mol. The van der Waals surface area contributed by atoms with Gasteiger partial charge in [-0.15, -0.1) is 24.8 Å². The Hall–Kier alpha value is -0.880. The Morgan fingerprint density at radius 1 is 1.45 bits per heavy atom. The van der Waals surface area contributed by atoms with Crippen LogP contribution in [0.3, 0.4) is 0 Å². The molecule has 2 N–H and O–H groups in total. The monoisotopic (exact) mass is 321 g/mol. The standard InChI is InChI=1S/C13H19N3O2.2ClH/c1-18-10-13(4-7-14-8-5-13)12(17)16-11-3-2-6-15-9-11;;/h2-3,6,9,14H,4-5,7-8,10H2,1H3,(H,16,17);2*1H. The first-order valence-electron chi connectivity index (χ1n) is 6.18. The van der Waals surface area contributed by atoms with E-state index in [1.54, 1.807) is 25.6 Å². The molecule has 1 fully saturated rings. The van der Waals surface area contributed by atoms with E-state index in [0.717, 1.165) is 31.6 Å². The summed E-state index contributed by atoms with van der Waals surface area (Å²) >= 11 is 0. The maximum absolute atomic E-state index is 12.4. The molecule has 2 rings (SSSR count). The van der Waals surface area contributed by atoms with Crippen LogP contribution in [0.5, 0.6) is 0 Å². The van der Waals surface area contributed by atoms with E-state index in [0.29, 0.717) is 6.61 Å². The number of nitrogens with one attached hydrogen (secondary N) is 2. The van der Waals surface area contributed by atoms with Crippen LogP contribution < -0.4 is 10.6 Å². The minimum absolute atomic E-state index is 0. The SMILES string of the molecule is COCC1(C(=O)Nc2cccnc2)CCNCC1.Cl.Cl. The van der Waals surface area contributed by atoms with Gasteiger partial charge in [0.25, 0.3) is 0 Å². The molecule has 1 amide bonds. The average Bonchev–Trinajstić information content (AvgIpc) is 2.41. The molecular formula is C13H21Cl2N3O2. The second kappa shape index (κ2) is 9.13. The van der Waals surface area contributed by atoms with Crippen molar-refractivity contribution in [2.45, 2.75) is 12.8 Å². The van der Waals surface area contributed by atoms with Crippen molar-refractivity contribution in [1.29, 1.82) is 0 Å². The first-order chi connectivity index (χ1) is 8.77. The topological polar surface area (TPSA) is 63.2 Å². The summed E-state index contributed by atoms with van der Waals surface area (Å²) < 4.78 is 5.24. The third kappa shape index (κ3) is 4.59. The summed E-state index contributed by atoms with van der Waals surface area (Å²) in [6.45, 7) is 2.16. The van der Waals surface area contributed by atoms with Gasteiger partial charge in [0.1, 0.15) is 0 Å². The minimum atomic E-state index is -0.421. The van der Waals surface area contributed by atoms with E-state index in [9.17, 15) is 4.79 Å². The normalized spacial score (nSPS) is 16.4. The highest BCUT2D eigenvalue weighted by Crippen LogP contribution is 2.30. The van der Waals surface area contributed by atoms with Gasteiger partial charge < -0.3 is 15.4 Å². The van der Waals surface area contributed by atoms with Gasteiger partial charge in [0.15, 0.2) is 0 Å². The highest BCUT2D eigenvalue weighted by Gasteiger charge is 2.39. The highest BCUT2D eigenvalue weighted by atomic mass is 35.5. The van der Waals surface area contributed by atoms with Crippen molar-refractivity contribution >= 4 is 36.4 Å². The molecule has 7 heteroatoms. The molecule has 1 aromatic heterocycles. The largest absolute Gasteiger partial charge is 0.384 e. The fourth-order valence-electron chi connectivity index (χ4n) is 2.32. The van der Waals surface area contributed by atoms with E-state index < -0.39 is 5.41 Å². The Morgan fingerprint density at radius 2 is 2.15 bits per heavy atom. The summed E-state index contributed by atoms with van der Waals surface area (Å²) in [7, 11) is 1.64. The number of halogens is 2. The first kappa shape index (κ1) is 19.1. The number of pyridine rings is 1. The van der Waals surface area contributed by atoms with Crippen LogP contribution in [0.25, 0.3) is 0 Å². The second-order valence-electron chi connectivity index (χ2n) is 4.66. The Balaban J connectivity index is 0.00000180. The number of nitrogens with zero attached hydrogens (tertiary/aromatic N) is 1. The Labute approximate surface area is 131 Å². The predicted octanol–water partition coefficient (Wildman–Crippen LogP) is 1.88. The van der Waals surface area contributed by atoms with E-state index >= 15 is 0 Å².